The zero-order chi connectivity index (χ0) is 15.6. The minimum Gasteiger partial charge on any atom is -0.238 e. The lowest BCUT2D eigenvalue weighted by molar-refractivity contribution is -0.136. The quantitative estimate of drug-likeness (QED) is 0.540. The molecule has 0 aliphatic carbocycles. The molecule has 0 heterocycles. The fourth-order valence-electron chi connectivity index (χ4n) is 1.89. The third kappa shape index (κ3) is 2.85. The van der Waals surface area contributed by atoms with E-state index in [1.165, 1.54) is 12.1 Å². The molecule has 0 unspecified atom stereocenters. The Hall–Kier alpha value is -2.86. The van der Waals surface area contributed by atoms with Crippen molar-refractivity contribution < 1.29 is 17.6 Å². The van der Waals surface area contributed by atoms with Crippen molar-refractivity contribution in [3.05, 3.63) is 64.8 Å². The lowest BCUT2D eigenvalue weighted by atomic mass is 9.97. The van der Waals surface area contributed by atoms with Crippen LogP contribution in [-0.2, 0) is 6.18 Å². The van der Waals surface area contributed by atoms with E-state index in [0.717, 1.165) is 24.3 Å². The molecule has 2 nitrogen and oxygen atoms in total. The highest BCUT2D eigenvalue weighted by Crippen LogP contribution is 2.39. The molecule has 0 aliphatic heterocycles. The second-order valence-electron chi connectivity index (χ2n) is 4.14. The van der Waals surface area contributed by atoms with Crippen molar-refractivity contribution in [2.75, 3.05) is 0 Å². The van der Waals surface area contributed by atoms with Crippen LogP contribution in [0.15, 0.2) is 36.4 Å². The normalized spacial score (nSPS) is 10.8. The molecule has 2 aromatic carbocycles. The van der Waals surface area contributed by atoms with E-state index >= 15 is 0 Å². The van der Waals surface area contributed by atoms with Crippen molar-refractivity contribution in [3.8, 4) is 17.2 Å². The van der Waals surface area contributed by atoms with Gasteiger partial charge in [-0.15, -0.1) is 0 Å². The summed E-state index contributed by atoms with van der Waals surface area (Å²) in [6, 6.07) is 8.12. The zero-order valence-electron chi connectivity index (χ0n) is 10.4. The molecular formula is C15H6F4N2. The summed E-state index contributed by atoms with van der Waals surface area (Å²) >= 11 is 0. The summed E-state index contributed by atoms with van der Waals surface area (Å²) in [6.07, 6.45) is -4.68. The molecule has 0 spiro atoms. The molecule has 0 bridgehead atoms. The number of hydrogen-bond acceptors (Lipinski definition) is 1. The molecule has 104 valence electrons. The molecule has 0 aliphatic rings. The Morgan fingerprint density at radius 2 is 1.81 bits per heavy atom. The van der Waals surface area contributed by atoms with Crippen molar-refractivity contribution >= 4 is 5.69 Å². The summed E-state index contributed by atoms with van der Waals surface area (Å²) in [5.41, 5.74) is -1.39. The van der Waals surface area contributed by atoms with E-state index in [-0.39, 0.29) is 16.7 Å². The highest BCUT2D eigenvalue weighted by atomic mass is 19.4. The van der Waals surface area contributed by atoms with E-state index in [1.54, 1.807) is 6.07 Å². The van der Waals surface area contributed by atoms with E-state index in [2.05, 4.69) is 4.85 Å². The molecule has 6 heteroatoms. The molecule has 0 aromatic heterocycles. The van der Waals surface area contributed by atoms with Crippen molar-refractivity contribution in [1.29, 1.82) is 5.26 Å². The molecule has 0 fully saturated rings. The van der Waals surface area contributed by atoms with Crippen molar-refractivity contribution in [3.63, 3.8) is 0 Å². The van der Waals surface area contributed by atoms with Gasteiger partial charge >= 0.3 is 6.18 Å². The number of hydrogen-bond donors (Lipinski definition) is 0. The summed E-state index contributed by atoms with van der Waals surface area (Å²) in [6.45, 7) is 6.77. The van der Waals surface area contributed by atoms with E-state index in [4.69, 9.17) is 11.8 Å². The van der Waals surface area contributed by atoms with Gasteiger partial charge in [0.1, 0.15) is 5.82 Å². The largest absolute Gasteiger partial charge is 0.407 e. The van der Waals surface area contributed by atoms with Crippen LogP contribution in [0.1, 0.15) is 11.1 Å². The van der Waals surface area contributed by atoms with Crippen LogP contribution in [0.4, 0.5) is 23.2 Å². The standard InChI is InChI=1S/C15H6F4N2/c1-21-14-5-2-9(7-13(14)15(17,18)19)12-4-3-11(16)6-10(12)8-20/h2-7H. The van der Waals surface area contributed by atoms with Crippen molar-refractivity contribution in [2.45, 2.75) is 6.18 Å². The van der Waals surface area contributed by atoms with Gasteiger partial charge in [-0.05, 0) is 23.3 Å². The highest BCUT2D eigenvalue weighted by molar-refractivity contribution is 5.74. The summed E-state index contributed by atoms with van der Waals surface area (Å²) in [5, 5.41) is 8.95. The Balaban J connectivity index is 2.68. The predicted molar refractivity (Wildman–Crippen MR) is 67.8 cm³/mol. The van der Waals surface area contributed by atoms with Crippen molar-refractivity contribution in [2.24, 2.45) is 0 Å². The van der Waals surface area contributed by atoms with Gasteiger partial charge in [0.05, 0.1) is 23.8 Å². The predicted octanol–water partition coefficient (Wildman–Crippen LogP) is 4.93. The molecule has 0 atom stereocenters. The molecule has 2 aromatic rings. The first-order chi connectivity index (χ1) is 9.86. The molecule has 0 saturated carbocycles. The van der Waals surface area contributed by atoms with Gasteiger partial charge in [0.15, 0.2) is 5.69 Å². The molecule has 0 saturated heterocycles. The molecule has 21 heavy (non-hydrogen) atoms. The molecule has 0 N–H and O–H groups in total. The van der Waals surface area contributed by atoms with E-state index < -0.39 is 23.2 Å². The Morgan fingerprint density at radius 1 is 1.10 bits per heavy atom. The number of nitrogens with zero attached hydrogens (tertiary/aromatic N) is 2. The van der Waals surface area contributed by atoms with Crippen molar-refractivity contribution in [1.82, 2.24) is 0 Å². The zero-order valence-corrected chi connectivity index (χ0v) is 10.4. The fraction of sp³-hybridized carbons (Fsp3) is 0.0667. The average Bonchev–Trinajstić information content (AvgIpc) is 2.45. The third-order valence-corrected chi connectivity index (χ3v) is 2.84. The van der Waals surface area contributed by atoms with Gasteiger partial charge in [-0.3, -0.25) is 0 Å². The van der Waals surface area contributed by atoms with Gasteiger partial charge in [0.25, 0.3) is 0 Å². The minimum atomic E-state index is -4.68. The monoisotopic (exact) mass is 290 g/mol. The number of halogens is 4. The van der Waals surface area contributed by atoms with Crippen LogP contribution < -0.4 is 0 Å². The maximum absolute atomic E-state index is 13.1. The van der Waals surface area contributed by atoms with Crippen LogP contribution in [0, 0.1) is 23.7 Å². The Morgan fingerprint density at radius 3 is 2.38 bits per heavy atom. The highest BCUT2D eigenvalue weighted by Gasteiger charge is 2.33. The molecule has 0 radical (unpaired) electrons. The molecule has 2 rings (SSSR count). The first-order valence-electron chi connectivity index (χ1n) is 5.65. The van der Waals surface area contributed by atoms with Gasteiger partial charge in [0, 0.05) is 0 Å². The smallest absolute Gasteiger partial charge is 0.238 e. The Bertz CT molecular complexity index is 780. The number of alkyl halides is 3. The van der Waals surface area contributed by atoms with E-state index in [9.17, 15) is 17.6 Å². The Labute approximate surface area is 117 Å². The first-order valence-corrected chi connectivity index (χ1v) is 5.65. The number of rotatable bonds is 1. The number of benzene rings is 2. The second-order valence-corrected chi connectivity index (χ2v) is 4.14. The third-order valence-electron chi connectivity index (χ3n) is 2.84. The maximum Gasteiger partial charge on any atom is 0.407 e. The first kappa shape index (κ1) is 14.5. The lowest BCUT2D eigenvalue weighted by Crippen LogP contribution is -2.05. The fourth-order valence-corrected chi connectivity index (χ4v) is 1.89. The topological polar surface area (TPSA) is 28.1 Å². The van der Waals surface area contributed by atoms with Crippen LogP contribution in [0.3, 0.4) is 0 Å². The van der Waals surface area contributed by atoms with Crippen LogP contribution >= 0.6 is 0 Å². The number of nitriles is 1. The van der Waals surface area contributed by atoms with E-state index in [0.29, 0.717) is 0 Å². The van der Waals surface area contributed by atoms with Gasteiger partial charge < -0.3 is 0 Å². The minimum absolute atomic E-state index is 0.0707. The Kier molecular flexibility index (Phi) is 3.64. The van der Waals surface area contributed by atoms with Crippen LogP contribution in [-0.4, -0.2) is 0 Å². The SMILES string of the molecule is [C-]#[N+]c1ccc(-c2ccc(F)cc2C#N)cc1C(F)(F)F. The van der Waals surface area contributed by atoms with Gasteiger partial charge in [0.2, 0.25) is 0 Å². The van der Waals surface area contributed by atoms with Gasteiger partial charge in [-0.2, -0.15) is 18.4 Å². The van der Waals surface area contributed by atoms with Crippen LogP contribution in [0.5, 0.6) is 0 Å². The van der Waals surface area contributed by atoms with Gasteiger partial charge in [-0.25, -0.2) is 9.24 Å². The van der Waals surface area contributed by atoms with E-state index in [1.807, 2.05) is 0 Å². The van der Waals surface area contributed by atoms with Gasteiger partial charge in [-0.1, -0.05) is 24.3 Å². The lowest BCUT2D eigenvalue weighted by Gasteiger charge is -2.12. The summed E-state index contributed by atoms with van der Waals surface area (Å²) in [5.74, 6) is -0.649. The average molecular weight is 290 g/mol. The molecule has 0 amide bonds. The summed E-state index contributed by atoms with van der Waals surface area (Å²) in [7, 11) is 0. The molecular weight excluding hydrogens is 284 g/mol. The van der Waals surface area contributed by atoms with Crippen LogP contribution in [0.25, 0.3) is 16.0 Å². The summed E-state index contributed by atoms with van der Waals surface area (Å²) in [4.78, 5) is 2.83. The maximum atomic E-state index is 13.1. The second kappa shape index (κ2) is 5.26. The van der Waals surface area contributed by atoms with Crippen LogP contribution in [0.2, 0.25) is 0 Å². The summed E-state index contributed by atoms with van der Waals surface area (Å²) < 4.78 is 51.8.